The van der Waals surface area contributed by atoms with E-state index in [2.05, 4.69) is 15.0 Å². The van der Waals surface area contributed by atoms with Gasteiger partial charge in [-0.3, -0.25) is 9.52 Å². The Bertz CT molecular complexity index is 1130. The van der Waals surface area contributed by atoms with Gasteiger partial charge in [-0.2, -0.15) is 0 Å². The van der Waals surface area contributed by atoms with Crippen molar-refractivity contribution in [2.75, 3.05) is 10.0 Å². The van der Waals surface area contributed by atoms with Crippen LogP contribution in [0.25, 0.3) is 10.2 Å². The molecule has 1 heterocycles. The van der Waals surface area contributed by atoms with Gasteiger partial charge in [0, 0.05) is 12.1 Å². The molecule has 2 aromatic carbocycles. The molecule has 1 aliphatic rings. The highest BCUT2D eigenvalue weighted by molar-refractivity contribution is 7.93. The van der Waals surface area contributed by atoms with Gasteiger partial charge in [-0.15, -0.1) is 0 Å². The van der Waals surface area contributed by atoms with Crippen molar-refractivity contribution in [2.24, 2.45) is 5.92 Å². The number of amides is 1. The number of rotatable bonds is 6. The number of nitrogens with zero attached hydrogens (tertiary/aromatic N) is 1. The molecule has 0 saturated heterocycles. The van der Waals surface area contributed by atoms with Crippen LogP contribution in [0.15, 0.2) is 47.4 Å². The van der Waals surface area contributed by atoms with Gasteiger partial charge in [-0.05, 0) is 55.5 Å². The fraction of sp³-hybridized carbons (Fsp3) is 0.333. The molecule has 29 heavy (non-hydrogen) atoms. The number of hydrogen-bond acceptors (Lipinski definition) is 5. The lowest BCUT2D eigenvalue weighted by atomic mass is 10.0. The summed E-state index contributed by atoms with van der Waals surface area (Å²) in [6.07, 6.45) is 5.25. The Morgan fingerprint density at radius 3 is 2.62 bits per heavy atom. The summed E-state index contributed by atoms with van der Waals surface area (Å²) in [7, 11) is -3.69. The topological polar surface area (TPSA) is 88.2 Å². The number of carbonyl (C=O) groups is 1. The summed E-state index contributed by atoms with van der Waals surface area (Å²) >= 11 is 1.25. The Balaban J connectivity index is 1.53. The summed E-state index contributed by atoms with van der Waals surface area (Å²) in [6.45, 7) is 1.91. The number of benzene rings is 2. The summed E-state index contributed by atoms with van der Waals surface area (Å²) in [5.41, 5.74) is 2.34. The third kappa shape index (κ3) is 4.59. The van der Waals surface area contributed by atoms with Gasteiger partial charge in [0.2, 0.25) is 5.91 Å². The lowest BCUT2D eigenvalue weighted by molar-refractivity contribution is -0.117. The number of aromatic nitrogens is 1. The van der Waals surface area contributed by atoms with Crippen LogP contribution in [0.4, 0.5) is 10.8 Å². The first-order valence-corrected chi connectivity index (χ1v) is 12.0. The summed E-state index contributed by atoms with van der Waals surface area (Å²) in [6, 6.07) is 11.9. The van der Waals surface area contributed by atoms with E-state index in [1.807, 2.05) is 19.1 Å². The van der Waals surface area contributed by atoms with Gasteiger partial charge in [0.05, 0.1) is 15.1 Å². The van der Waals surface area contributed by atoms with Crippen molar-refractivity contribution in [2.45, 2.75) is 43.9 Å². The zero-order valence-electron chi connectivity index (χ0n) is 16.1. The normalized spacial score (nSPS) is 14.9. The molecule has 0 radical (unpaired) electrons. The highest BCUT2D eigenvalue weighted by Gasteiger charge is 2.20. The zero-order valence-corrected chi connectivity index (χ0v) is 17.8. The van der Waals surface area contributed by atoms with Gasteiger partial charge in [0.15, 0.2) is 5.13 Å². The third-order valence-corrected chi connectivity index (χ3v) is 7.60. The molecule has 0 aliphatic heterocycles. The molecule has 4 rings (SSSR count). The second kappa shape index (κ2) is 8.12. The van der Waals surface area contributed by atoms with Gasteiger partial charge in [-0.1, -0.05) is 42.4 Å². The smallest absolute Gasteiger partial charge is 0.263 e. The van der Waals surface area contributed by atoms with E-state index in [1.165, 1.54) is 24.2 Å². The molecule has 1 aromatic heterocycles. The highest BCUT2D eigenvalue weighted by Crippen LogP contribution is 2.33. The number of aryl methyl sites for hydroxylation is 1. The van der Waals surface area contributed by atoms with Crippen molar-refractivity contribution in [3.05, 3.63) is 48.0 Å². The van der Waals surface area contributed by atoms with Crippen LogP contribution in [0.3, 0.4) is 0 Å². The highest BCUT2D eigenvalue weighted by atomic mass is 32.2. The molecule has 0 atom stereocenters. The van der Waals surface area contributed by atoms with E-state index < -0.39 is 10.0 Å². The molecular weight excluding hydrogens is 406 g/mol. The molecule has 0 bridgehead atoms. The second-order valence-corrected chi connectivity index (χ2v) is 10.2. The molecule has 0 unspecified atom stereocenters. The van der Waals surface area contributed by atoms with E-state index in [9.17, 15) is 13.2 Å². The molecule has 6 nitrogen and oxygen atoms in total. The van der Waals surface area contributed by atoms with Crippen LogP contribution >= 0.6 is 11.3 Å². The van der Waals surface area contributed by atoms with Crippen LogP contribution in [0.2, 0.25) is 0 Å². The minimum atomic E-state index is -3.69. The molecular formula is C21H23N3O3S2. The molecule has 0 spiro atoms. The molecule has 152 valence electrons. The summed E-state index contributed by atoms with van der Waals surface area (Å²) in [5.74, 6) is 0.521. The standard InChI is InChI=1S/C21H23N3O3S2/c1-14-11-16(22-19(25)12-15-7-5-6-8-15)13-18-20(14)23-21(28-18)24-29(26,27)17-9-3-2-4-10-17/h2-4,9-11,13,15H,5-8,12H2,1H3,(H,22,25)(H,23,24). The predicted octanol–water partition coefficient (Wildman–Crippen LogP) is 4.92. The number of sulfonamides is 1. The predicted molar refractivity (Wildman–Crippen MR) is 117 cm³/mol. The first-order valence-electron chi connectivity index (χ1n) is 9.69. The van der Waals surface area contributed by atoms with Crippen molar-refractivity contribution in [3.63, 3.8) is 0 Å². The first kappa shape index (κ1) is 19.8. The van der Waals surface area contributed by atoms with Crippen molar-refractivity contribution in [1.82, 2.24) is 4.98 Å². The minimum absolute atomic E-state index is 0.0326. The van der Waals surface area contributed by atoms with Gasteiger partial charge >= 0.3 is 0 Å². The van der Waals surface area contributed by atoms with Gasteiger partial charge < -0.3 is 5.32 Å². The van der Waals surface area contributed by atoms with Gasteiger partial charge in [0.1, 0.15) is 0 Å². The van der Waals surface area contributed by atoms with Crippen molar-refractivity contribution in [3.8, 4) is 0 Å². The third-order valence-electron chi connectivity index (χ3n) is 5.19. The quantitative estimate of drug-likeness (QED) is 0.582. The SMILES string of the molecule is Cc1cc(NC(=O)CC2CCCC2)cc2sc(NS(=O)(=O)c3ccccc3)nc12. The lowest BCUT2D eigenvalue weighted by Crippen LogP contribution is -2.15. The maximum atomic E-state index is 12.5. The van der Waals surface area contributed by atoms with E-state index in [4.69, 9.17) is 0 Å². The van der Waals surface area contributed by atoms with Crippen molar-refractivity contribution >= 4 is 48.3 Å². The molecule has 1 fully saturated rings. The van der Waals surface area contributed by atoms with Crippen LogP contribution in [-0.2, 0) is 14.8 Å². The summed E-state index contributed by atoms with van der Waals surface area (Å²) in [4.78, 5) is 17.0. The van der Waals surface area contributed by atoms with Crippen LogP contribution in [-0.4, -0.2) is 19.3 Å². The summed E-state index contributed by atoms with van der Waals surface area (Å²) < 4.78 is 28.5. The van der Waals surface area contributed by atoms with Crippen LogP contribution in [0, 0.1) is 12.8 Å². The van der Waals surface area contributed by atoms with E-state index in [-0.39, 0.29) is 10.8 Å². The largest absolute Gasteiger partial charge is 0.326 e. The Morgan fingerprint density at radius 2 is 1.90 bits per heavy atom. The Hall–Kier alpha value is -2.45. The number of anilines is 2. The van der Waals surface area contributed by atoms with Crippen LogP contribution < -0.4 is 10.0 Å². The monoisotopic (exact) mass is 429 g/mol. The molecule has 1 saturated carbocycles. The molecule has 8 heteroatoms. The fourth-order valence-electron chi connectivity index (χ4n) is 3.77. The fourth-order valence-corrected chi connectivity index (χ4v) is 6.01. The van der Waals surface area contributed by atoms with E-state index in [0.29, 0.717) is 17.5 Å². The maximum absolute atomic E-state index is 12.5. The van der Waals surface area contributed by atoms with Gasteiger partial charge in [0.25, 0.3) is 10.0 Å². The van der Waals surface area contributed by atoms with Crippen molar-refractivity contribution < 1.29 is 13.2 Å². The average molecular weight is 430 g/mol. The van der Waals surface area contributed by atoms with Gasteiger partial charge in [-0.25, -0.2) is 13.4 Å². The Morgan fingerprint density at radius 1 is 1.17 bits per heavy atom. The Labute approximate surface area is 174 Å². The van der Waals surface area contributed by atoms with E-state index >= 15 is 0 Å². The number of carbonyl (C=O) groups excluding carboxylic acids is 1. The number of fused-ring (bicyclic) bond motifs is 1. The molecule has 1 amide bonds. The minimum Gasteiger partial charge on any atom is -0.326 e. The van der Waals surface area contributed by atoms with E-state index in [1.54, 1.807) is 30.3 Å². The maximum Gasteiger partial charge on any atom is 0.263 e. The number of thiazole rings is 1. The second-order valence-electron chi connectivity index (χ2n) is 7.48. The molecule has 3 aromatic rings. The van der Waals surface area contributed by atoms with Crippen molar-refractivity contribution in [1.29, 1.82) is 0 Å². The molecule has 2 N–H and O–H groups in total. The van der Waals surface area contributed by atoms with Crippen LogP contribution in [0.5, 0.6) is 0 Å². The first-order chi connectivity index (χ1) is 13.9. The summed E-state index contributed by atoms with van der Waals surface area (Å²) in [5, 5.41) is 3.29. The van der Waals surface area contributed by atoms with Crippen LogP contribution in [0.1, 0.15) is 37.7 Å². The Kier molecular flexibility index (Phi) is 5.56. The average Bonchev–Trinajstić information content (AvgIpc) is 3.31. The molecule has 1 aliphatic carbocycles. The zero-order chi connectivity index (χ0) is 20.4. The lowest BCUT2D eigenvalue weighted by Gasteiger charge is -2.10. The number of nitrogens with one attached hydrogen (secondary N) is 2. The number of hydrogen-bond donors (Lipinski definition) is 2. The van der Waals surface area contributed by atoms with E-state index in [0.717, 1.165) is 34.3 Å².